The third-order valence-electron chi connectivity index (χ3n) is 3.71. The van der Waals surface area contributed by atoms with E-state index in [0.717, 1.165) is 6.07 Å². The van der Waals surface area contributed by atoms with Crippen LogP contribution in [-0.2, 0) is 6.42 Å². The molecule has 0 aliphatic rings. The van der Waals surface area contributed by atoms with Gasteiger partial charge in [-0.05, 0) is 41.5 Å². The fourth-order valence-corrected chi connectivity index (χ4v) is 2.91. The summed E-state index contributed by atoms with van der Waals surface area (Å²) >= 11 is 5.83. The summed E-state index contributed by atoms with van der Waals surface area (Å²) in [6, 6.07) is 8.06. The smallest absolute Gasteiger partial charge is 0.508 e. The number of rotatable bonds is 4. The van der Waals surface area contributed by atoms with Crippen molar-refractivity contribution in [3.8, 4) is 11.5 Å². The molecule has 26 heavy (non-hydrogen) atoms. The van der Waals surface area contributed by atoms with Crippen molar-refractivity contribution >= 4 is 28.5 Å². The second kappa shape index (κ2) is 6.45. The third kappa shape index (κ3) is 3.70. The number of hydrogen-bond acceptors (Lipinski definition) is 3. The monoisotopic (exact) mass is 385 g/mol. The van der Waals surface area contributed by atoms with E-state index in [1.807, 2.05) is 0 Å². The van der Waals surface area contributed by atoms with Crippen molar-refractivity contribution in [3.05, 3.63) is 58.2 Å². The van der Waals surface area contributed by atoms with E-state index in [9.17, 15) is 28.2 Å². The normalized spacial score (nSPS) is 11.7. The quantitative estimate of drug-likeness (QED) is 0.607. The number of benzene rings is 2. The Bertz CT molecular complexity index is 998. The number of aromatic carboxylic acids is 1. The average Bonchev–Trinajstić information content (AvgIpc) is 2.87. The van der Waals surface area contributed by atoms with Gasteiger partial charge in [0.05, 0.1) is 5.02 Å². The molecule has 0 saturated heterocycles. The summed E-state index contributed by atoms with van der Waals surface area (Å²) in [4.78, 5) is 14.2. The van der Waals surface area contributed by atoms with Crippen LogP contribution in [0.4, 0.5) is 13.2 Å². The van der Waals surface area contributed by atoms with Gasteiger partial charge in [-0.1, -0.05) is 17.7 Å². The molecule has 3 N–H and O–H groups in total. The van der Waals surface area contributed by atoms with E-state index in [2.05, 4.69) is 9.72 Å². The fraction of sp³-hybridized carbons (Fsp3) is 0.118. The molecule has 0 saturated carbocycles. The van der Waals surface area contributed by atoms with Crippen LogP contribution in [0.1, 0.15) is 21.6 Å². The standard InChI is InChI=1S/C17H11ClF3NO4/c18-12-6-8(1-4-14(12)26-17(19,20)21)5-11-10-7-9(23)2-3-13(10)22-15(11)16(24)25/h1-4,6-7,22-23H,5H2,(H,24,25). The maximum Gasteiger partial charge on any atom is 0.573 e. The van der Waals surface area contributed by atoms with Crippen molar-refractivity contribution in [2.75, 3.05) is 0 Å². The highest BCUT2D eigenvalue weighted by atomic mass is 35.5. The zero-order valence-corrected chi connectivity index (χ0v) is 13.6. The van der Waals surface area contributed by atoms with Crippen LogP contribution >= 0.6 is 11.6 Å². The summed E-state index contributed by atoms with van der Waals surface area (Å²) < 4.78 is 40.7. The summed E-state index contributed by atoms with van der Waals surface area (Å²) in [5.74, 6) is -1.78. The molecule has 5 nitrogen and oxygen atoms in total. The molecule has 0 radical (unpaired) electrons. The van der Waals surface area contributed by atoms with Gasteiger partial charge in [0, 0.05) is 17.3 Å². The second-order valence-corrected chi connectivity index (χ2v) is 5.91. The topological polar surface area (TPSA) is 82.5 Å². The van der Waals surface area contributed by atoms with Gasteiger partial charge in [0.2, 0.25) is 0 Å². The Morgan fingerprint density at radius 2 is 1.92 bits per heavy atom. The first-order valence-corrected chi connectivity index (χ1v) is 7.63. The van der Waals surface area contributed by atoms with Crippen LogP contribution in [0.15, 0.2) is 36.4 Å². The molecule has 0 fully saturated rings. The minimum absolute atomic E-state index is 0.0401. The van der Waals surface area contributed by atoms with Gasteiger partial charge in [-0.25, -0.2) is 4.79 Å². The lowest BCUT2D eigenvalue weighted by atomic mass is 10.0. The summed E-state index contributed by atoms with van der Waals surface area (Å²) in [6.07, 6.45) is -4.78. The molecule has 1 aromatic heterocycles. The Kier molecular flexibility index (Phi) is 4.45. The van der Waals surface area contributed by atoms with E-state index in [-0.39, 0.29) is 22.9 Å². The lowest BCUT2D eigenvalue weighted by Crippen LogP contribution is -2.17. The molecule has 136 valence electrons. The Morgan fingerprint density at radius 1 is 1.19 bits per heavy atom. The van der Waals surface area contributed by atoms with E-state index in [1.165, 1.54) is 30.3 Å². The van der Waals surface area contributed by atoms with Crippen molar-refractivity contribution < 1.29 is 32.9 Å². The van der Waals surface area contributed by atoms with E-state index in [0.29, 0.717) is 22.0 Å². The molecule has 0 spiro atoms. The molecule has 0 bridgehead atoms. The first-order valence-electron chi connectivity index (χ1n) is 7.25. The Labute approximate surface area is 149 Å². The third-order valence-corrected chi connectivity index (χ3v) is 4.00. The van der Waals surface area contributed by atoms with Crippen molar-refractivity contribution in [1.82, 2.24) is 4.98 Å². The number of carbonyl (C=O) groups is 1. The molecule has 3 rings (SSSR count). The van der Waals surface area contributed by atoms with Crippen LogP contribution in [0.25, 0.3) is 10.9 Å². The Morgan fingerprint density at radius 3 is 2.54 bits per heavy atom. The number of phenolic OH excluding ortho intramolecular Hbond substituents is 1. The SMILES string of the molecule is O=C(O)c1[nH]c2ccc(O)cc2c1Cc1ccc(OC(F)(F)F)c(Cl)c1. The average molecular weight is 386 g/mol. The Hall–Kier alpha value is -2.87. The Balaban J connectivity index is 2.01. The molecule has 1 heterocycles. The molecule has 0 unspecified atom stereocenters. The van der Waals surface area contributed by atoms with E-state index >= 15 is 0 Å². The van der Waals surface area contributed by atoms with Crippen LogP contribution in [0.2, 0.25) is 5.02 Å². The number of aromatic hydroxyl groups is 1. The summed E-state index contributed by atoms with van der Waals surface area (Å²) in [7, 11) is 0. The van der Waals surface area contributed by atoms with E-state index in [4.69, 9.17) is 11.6 Å². The number of phenols is 1. The van der Waals surface area contributed by atoms with Crippen LogP contribution in [-0.4, -0.2) is 27.5 Å². The number of hydrogen-bond donors (Lipinski definition) is 3. The number of aromatic amines is 1. The number of carboxylic acid groups (broad SMARTS) is 1. The molecular weight excluding hydrogens is 375 g/mol. The highest BCUT2D eigenvalue weighted by Gasteiger charge is 2.32. The van der Waals surface area contributed by atoms with Gasteiger partial charge in [-0.15, -0.1) is 13.2 Å². The van der Waals surface area contributed by atoms with Gasteiger partial charge in [0.15, 0.2) is 0 Å². The first-order chi connectivity index (χ1) is 12.1. The number of aromatic nitrogens is 1. The summed E-state index contributed by atoms with van der Waals surface area (Å²) in [5.41, 5.74) is 1.30. The van der Waals surface area contributed by atoms with Gasteiger partial charge in [-0.2, -0.15) is 0 Å². The lowest BCUT2D eigenvalue weighted by Gasteiger charge is -2.11. The highest BCUT2D eigenvalue weighted by molar-refractivity contribution is 6.32. The number of H-pyrrole nitrogens is 1. The minimum Gasteiger partial charge on any atom is -0.508 e. The maximum atomic E-state index is 12.3. The van der Waals surface area contributed by atoms with Crippen molar-refractivity contribution in [3.63, 3.8) is 0 Å². The fourth-order valence-electron chi connectivity index (χ4n) is 2.67. The maximum absolute atomic E-state index is 12.3. The van der Waals surface area contributed by atoms with Crippen molar-refractivity contribution in [2.24, 2.45) is 0 Å². The molecule has 3 aromatic rings. The van der Waals surface area contributed by atoms with Crippen LogP contribution in [0.5, 0.6) is 11.5 Å². The molecule has 0 amide bonds. The molecule has 0 atom stereocenters. The first kappa shape index (κ1) is 17.9. The molecule has 0 aliphatic carbocycles. The number of nitrogens with one attached hydrogen (secondary N) is 1. The van der Waals surface area contributed by atoms with Gasteiger partial charge < -0.3 is 19.9 Å². The van der Waals surface area contributed by atoms with E-state index < -0.39 is 18.1 Å². The molecule has 0 aliphatic heterocycles. The number of halogens is 4. The second-order valence-electron chi connectivity index (χ2n) is 5.50. The number of fused-ring (bicyclic) bond motifs is 1. The van der Waals surface area contributed by atoms with Gasteiger partial charge in [0.1, 0.15) is 17.2 Å². The largest absolute Gasteiger partial charge is 0.573 e. The summed E-state index contributed by atoms with van der Waals surface area (Å²) in [5, 5.41) is 19.3. The van der Waals surface area contributed by atoms with Crippen molar-refractivity contribution in [1.29, 1.82) is 0 Å². The summed E-state index contributed by atoms with van der Waals surface area (Å²) in [6.45, 7) is 0. The zero-order chi connectivity index (χ0) is 19.1. The molecule has 9 heteroatoms. The molecular formula is C17H11ClF3NO4. The van der Waals surface area contributed by atoms with E-state index in [1.54, 1.807) is 0 Å². The number of ether oxygens (including phenoxy) is 1. The predicted octanol–water partition coefficient (Wildman–Crippen LogP) is 4.71. The van der Waals surface area contributed by atoms with Gasteiger partial charge >= 0.3 is 12.3 Å². The minimum atomic E-state index is -4.87. The van der Waals surface area contributed by atoms with Crippen molar-refractivity contribution in [2.45, 2.75) is 12.8 Å². The predicted molar refractivity (Wildman–Crippen MR) is 87.9 cm³/mol. The van der Waals surface area contributed by atoms with Crippen LogP contribution < -0.4 is 4.74 Å². The zero-order valence-electron chi connectivity index (χ0n) is 12.9. The highest BCUT2D eigenvalue weighted by Crippen LogP contribution is 2.33. The van der Waals surface area contributed by atoms with Crippen LogP contribution in [0, 0.1) is 0 Å². The van der Waals surface area contributed by atoms with Crippen LogP contribution in [0.3, 0.4) is 0 Å². The number of carboxylic acids is 1. The number of alkyl halides is 3. The van der Waals surface area contributed by atoms with Gasteiger partial charge in [0.25, 0.3) is 0 Å². The lowest BCUT2D eigenvalue weighted by molar-refractivity contribution is -0.274. The van der Waals surface area contributed by atoms with Gasteiger partial charge in [-0.3, -0.25) is 0 Å². The molecule has 2 aromatic carbocycles.